The van der Waals surface area contributed by atoms with Crippen LogP contribution >= 0.6 is 11.3 Å². The normalized spacial score (nSPS) is 28.9. The molecule has 2 N–H and O–H groups in total. The average molecular weight is 603 g/mol. The Morgan fingerprint density at radius 1 is 1.12 bits per heavy atom. The standard InChI is InChI=1S/C32H38N6O4S/c1-18(22-7-5-12-38(22)2)41-30-21-15-40-17-31(11-13-39-16-31)26(21)35-29(36-30)25-19-6-3-9-32(27(19)42-37-25)10-4-8-23-24(32)20(14-33)28(34)43-23/h18,22H,3-13,15-17,34H2,1-2H3/t18-,22-,31+,32-/m0/s1. The summed E-state index contributed by atoms with van der Waals surface area (Å²) in [4.78, 5) is 13.9. The number of hydrogen-bond acceptors (Lipinski definition) is 11. The fraction of sp³-hybridized carbons (Fsp3) is 0.625. The van der Waals surface area contributed by atoms with Gasteiger partial charge >= 0.3 is 0 Å². The Kier molecular flexibility index (Phi) is 6.56. The molecule has 6 heterocycles. The van der Waals surface area contributed by atoms with Crippen LogP contribution in [0.25, 0.3) is 11.5 Å². The monoisotopic (exact) mass is 602 g/mol. The van der Waals surface area contributed by atoms with Crippen LogP contribution in [0.1, 0.15) is 90.5 Å². The summed E-state index contributed by atoms with van der Waals surface area (Å²) in [6.45, 7) is 5.44. The van der Waals surface area contributed by atoms with Crippen LogP contribution in [0.2, 0.25) is 0 Å². The van der Waals surface area contributed by atoms with Crippen molar-refractivity contribution in [2.75, 3.05) is 39.1 Å². The number of anilines is 1. The number of nitrogen functional groups attached to an aromatic ring is 1. The number of thiophene rings is 1. The van der Waals surface area contributed by atoms with Gasteiger partial charge in [0, 0.05) is 23.1 Å². The lowest BCUT2D eigenvalue weighted by Crippen LogP contribution is -2.40. The zero-order chi connectivity index (χ0) is 29.3. The number of likely N-dealkylation sites (N-methyl/N-ethyl adjacent to an activating group) is 1. The van der Waals surface area contributed by atoms with E-state index in [1.165, 1.54) is 11.3 Å². The first-order valence-corrected chi connectivity index (χ1v) is 16.5. The fourth-order valence-electron chi connectivity index (χ4n) is 8.56. The van der Waals surface area contributed by atoms with Gasteiger partial charge in [0.25, 0.3) is 0 Å². The van der Waals surface area contributed by atoms with Gasteiger partial charge in [-0.05, 0) is 83.9 Å². The molecule has 8 rings (SSSR count). The van der Waals surface area contributed by atoms with Crippen molar-refractivity contribution in [1.29, 1.82) is 5.26 Å². The van der Waals surface area contributed by atoms with E-state index in [9.17, 15) is 5.26 Å². The van der Waals surface area contributed by atoms with Crippen molar-refractivity contribution in [3.05, 3.63) is 38.6 Å². The number of nitrogens with two attached hydrogens (primary N) is 1. The molecular weight excluding hydrogens is 564 g/mol. The van der Waals surface area contributed by atoms with Crippen LogP contribution in [-0.2, 0) is 39.8 Å². The van der Waals surface area contributed by atoms with Gasteiger partial charge in [0.05, 0.1) is 47.5 Å². The number of fused-ring (bicyclic) bond motifs is 6. The number of aromatic nitrogens is 3. The number of likely N-dealkylation sites (tertiary alicyclic amines) is 1. The third-order valence-corrected chi connectivity index (χ3v) is 11.8. The molecule has 0 unspecified atom stereocenters. The molecule has 0 bridgehead atoms. The van der Waals surface area contributed by atoms with Crippen molar-refractivity contribution >= 4 is 16.3 Å². The topological polar surface area (TPSA) is 133 Å². The molecule has 0 aromatic carbocycles. The van der Waals surface area contributed by atoms with E-state index in [1.54, 1.807) is 11.3 Å². The van der Waals surface area contributed by atoms with E-state index in [-0.39, 0.29) is 11.5 Å². The van der Waals surface area contributed by atoms with E-state index >= 15 is 0 Å². The fourth-order valence-corrected chi connectivity index (χ4v) is 9.72. The number of rotatable bonds is 4. The minimum Gasteiger partial charge on any atom is -0.473 e. The highest BCUT2D eigenvalue weighted by Crippen LogP contribution is 2.55. The van der Waals surface area contributed by atoms with Crippen LogP contribution in [0, 0.1) is 11.3 Å². The minimum absolute atomic E-state index is 0.0411. The Morgan fingerprint density at radius 2 is 1.95 bits per heavy atom. The van der Waals surface area contributed by atoms with Crippen molar-refractivity contribution in [2.24, 2.45) is 0 Å². The summed E-state index contributed by atoms with van der Waals surface area (Å²) >= 11 is 1.56. The molecule has 0 amide bonds. The zero-order valence-electron chi connectivity index (χ0n) is 24.9. The molecule has 11 heteroatoms. The Labute approximate surface area is 255 Å². The van der Waals surface area contributed by atoms with Gasteiger partial charge < -0.3 is 24.5 Å². The molecule has 3 aromatic rings. The molecule has 43 heavy (non-hydrogen) atoms. The SMILES string of the molecule is C[C@H](Oc1nc(-c2noc3c2CCC[C@@]32CCCc3sc(N)c(C#N)c32)nc2c1COC[C@]21CCOC1)[C@@H]1CCCN1C. The Morgan fingerprint density at radius 3 is 2.72 bits per heavy atom. The Balaban J connectivity index is 1.26. The number of hydrogen-bond donors (Lipinski definition) is 1. The average Bonchev–Trinajstić information content (AvgIpc) is 3.80. The van der Waals surface area contributed by atoms with Gasteiger partial charge in [-0.15, -0.1) is 11.3 Å². The molecule has 2 fully saturated rings. The maximum atomic E-state index is 10.1. The lowest BCUT2D eigenvalue weighted by molar-refractivity contribution is 0.0358. The molecule has 2 spiro atoms. The minimum atomic E-state index is -0.394. The van der Waals surface area contributed by atoms with Crippen LogP contribution < -0.4 is 10.5 Å². The third-order valence-electron chi connectivity index (χ3n) is 10.7. The molecule has 4 atom stereocenters. The first kappa shape index (κ1) is 27.5. The van der Waals surface area contributed by atoms with Gasteiger partial charge in [0.15, 0.2) is 17.3 Å². The maximum Gasteiger partial charge on any atom is 0.223 e. The highest BCUT2D eigenvalue weighted by atomic mass is 32.1. The molecule has 3 aromatic heterocycles. The van der Waals surface area contributed by atoms with E-state index < -0.39 is 5.41 Å². The van der Waals surface area contributed by atoms with Crippen LogP contribution in [-0.4, -0.2) is 65.6 Å². The Bertz CT molecular complexity index is 1620. The molecule has 3 aliphatic heterocycles. The predicted octanol–water partition coefficient (Wildman–Crippen LogP) is 4.66. The van der Waals surface area contributed by atoms with E-state index in [0.717, 1.165) is 86.1 Å². The van der Waals surface area contributed by atoms with Gasteiger partial charge in [0.1, 0.15) is 17.2 Å². The van der Waals surface area contributed by atoms with Crippen LogP contribution in [0.15, 0.2) is 4.52 Å². The Hall–Kier alpha value is -3.04. The largest absolute Gasteiger partial charge is 0.473 e. The number of nitrogens with zero attached hydrogens (tertiary/aromatic N) is 5. The van der Waals surface area contributed by atoms with E-state index in [2.05, 4.69) is 30.1 Å². The third kappa shape index (κ3) is 4.10. The highest BCUT2D eigenvalue weighted by Gasteiger charge is 2.50. The molecule has 0 saturated carbocycles. The molecule has 10 nitrogen and oxygen atoms in total. The summed E-state index contributed by atoms with van der Waals surface area (Å²) in [5, 5.41) is 15.4. The summed E-state index contributed by atoms with van der Waals surface area (Å²) in [5.74, 6) is 1.98. The summed E-state index contributed by atoms with van der Waals surface area (Å²) in [5.41, 5.74) is 10.9. The molecule has 5 aliphatic rings. The van der Waals surface area contributed by atoms with Crippen molar-refractivity contribution in [2.45, 2.75) is 94.3 Å². The summed E-state index contributed by atoms with van der Waals surface area (Å²) in [6.07, 6.45) is 8.66. The van der Waals surface area contributed by atoms with Crippen molar-refractivity contribution < 1.29 is 18.7 Å². The van der Waals surface area contributed by atoms with Crippen molar-refractivity contribution in [3.63, 3.8) is 0 Å². The van der Waals surface area contributed by atoms with Gasteiger partial charge in [-0.2, -0.15) is 10.2 Å². The quantitative estimate of drug-likeness (QED) is 0.450. The van der Waals surface area contributed by atoms with Gasteiger partial charge in [0.2, 0.25) is 5.88 Å². The number of aryl methyl sites for hydroxylation is 1. The lowest BCUT2D eigenvalue weighted by atomic mass is 9.63. The van der Waals surface area contributed by atoms with E-state index in [1.807, 2.05) is 0 Å². The van der Waals surface area contributed by atoms with Crippen molar-refractivity contribution in [3.8, 4) is 23.5 Å². The molecule has 0 radical (unpaired) electrons. The molecule has 2 saturated heterocycles. The second-order valence-electron chi connectivity index (χ2n) is 13.1. The highest BCUT2D eigenvalue weighted by molar-refractivity contribution is 7.16. The van der Waals surface area contributed by atoms with Crippen LogP contribution in [0.3, 0.4) is 0 Å². The molecular formula is C32H38N6O4S. The number of ether oxygens (including phenoxy) is 3. The van der Waals surface area contributed by atoms with Gasteiger partial charge in [-0.25, -0.2) is 4.98 Å². The summed E-state index contributed by atoms with van der Waals surface area (Å²) < 4.78 is 25.1. The summed E-state index contributed by atoms with van der Waals surface area (Å²) in [7, 11) is 2.17. The van der Waals surface area contributed by atoms with E-state index in [4.69, 9.17) is 34.4 Å². The first-order chi connectivity index (χ1) is 20.9. The molecule has 226 valence electrons. The number of nitriles is 1. The van der Waals surface area contributed by atoms with Crippen LogP contribution in [0.4, 0.5) is 5.00 Å². The van der Waals surface area contributed by atoms with Crippen LogP contribution in [0.5, 0.6) is 5.88 Å². The van der Waals surface area contributed by atoms with Gasteiger partial charge in [-0.3, -0.25) is 4.90 Å². The first-order valence-electron chi connectivity index (χ1n) is 15.7. The lowest BCUT2D eigenvalue weighted by Gasteiger charge is -2.39. The predicted molar refractivity (Wildman–Crippen MR) is 160 cm³/mol. The van der Waals surface area contributed by atoms with E-state index in [0.29, 0.717) is 60.4 Å². The summed E-state index contributed by atoms with van der Waals surface area (Å²) in [6, 6.07) is 2.74. The molecule has 2 aliphatic carbocycles. The van der Waals surface area contributed by atoms with Crippen molar-refractivity contribution in [1.82, 2.24) is 20.0 Å². The van der Waals surface area contributed by atoms with Gasteiger partial charge in [-0.1, -0.05) is 5.16 Å². The smallest absolute Gasteiger partial charge is 0.223 e. The second-order valence-corrected chi connectivity index (χ2v) is 14.3. The zero-order valence-corrected chi connectivity index (χ0v) is 25.7. The second kappa shape index (κ2) is 10.3. The maximum absolute atomic E-state index is 10.1.